The van der Waals surface area contributed by atoms with Gasteiger partial charge in [-0.2, -0.15) is 5.26 Å². The van der Waals surface area contributed by atoms with Crippen molar-refractivity contribution in [1.82, 2.24) is 4.72 Å². The lowest BCUT2D eigenvalue weighted by Crippen LogP contribution is -2.38. The summed E-state index contributed by atoms with van der Waals surface area (Å²) in [5.74, 6) is 0. The molecule has 0 saturated carbocycles. The normalized spacial score (nSPS) is 24.3. The van der Waals surface area contributed by atoms with Crippen molar-refractivity contribution in [2.45, 2.75) is 30.7 Å². The molecule has 1 unspecified atom stereocenters. The second kappa shape index (κ2) is 4.69. The lowest BCUT2D eigenvalue weighted by atomic mass is 10.1. The minimum absolute atomic E-state index is 0.421. The summed E-state index contributed by atoms with van der Waals surface area (Å²) in [5, 5.41) is 17.5. The number of hydrogen-bond acceptors (Lipinski definition) is 4. The van der Waals surface area contributed by atoms with E-state index in [2.05, 4.69) is 4.72 Å². The molecule has 1 aliphatic rings. The highest BCUT2D eigenvalue weighted by atomic mass is 32.2. The molecule has 0 heterocycles. The number of rotatable bonds is 3. The molecule has 96 valence electrons. The molecule has 2 N–H and O–H groups in total. The number of sulfonamides is 1. The first-order chi connectivity index (χ1) is 8.45. The molecule has 1 aromatic rings. The molecule has 0 radical (unpaired) electrons. The van der Waals surface area contributed by atoms with Crippen molar-refractivity contribution in [3.05, 3.63) is 35.4 Å². The summed E-state index contributed by atoms with van der Waals surface area (Å²) in [7, 11) is -3.74. The molecule has 0 bridgehead atoms. The van der Waals surface area contributed by atoms with Gasteiger partial charge in [0.05, 0.1) is 18.2 Å². The summed E-state index contributed by atoms with van der Waals surface area (Å²) in [5.41, 5.74) is 1.71. The van der Waals surface area contributed by atoms with Crippen molar-refractivity contribution in [3.8, 4) is 6.07 Å². The van der Waals surface area contributed by atoms with Crippen molar-refractivity contribution in [2.24, 2.45) is 0 Å². The van der Waals surface area contributed by atoms with Crippen LogP contribution >= 0.6 is 0 Å². The van der Waals surface area contributed by atoms with Crippen molar-refractivity contribution in [3.63, 3.8) is 0 Å². The largest absolute Gasteiger partial charge is 0.391 e. The summed E-state index contributed by atoms with van der Waals surface area (Å²) in [4.78, 5) is 0. The van der Waals surface area contributed by atoms with Gasteiger partial charge in [0, 0.05) is 6.42 Å². The van der Waals surface area contributed by atoms with Crippen molar-refractivity contribution in [1.29, 1.82) is 5.26 Å². The van der Waals surface area contributed by atoms with Gasteiger partial charge in [0.2, 0.25) is 10.0 Å². The first-order valence-corrected chi connectivity index (χ1v) is 7.17. The Morgan fingerprint density at radius 2 is 2.17 bits per heavy atom. The van der Waals surface area contributed by atoms with E-state index in [0.717, 1.165) is 11.1 Å². The zero-order valence-corrected chi connectivity index (χ0v) is 10.7. The van der Waals surface area contributed by atoms with E-state index in [-0.39, 0.29) is 0 Å². The average Bonchev–Trinajstić information content (AvgIpc) is 2.65. The minimum Gasteiger partial charge on any atom is -0.391 e. The second-order valence-corrected chi connectivity index (χ2v) is 6.41. The molecule has 3 atom stereocenters. The van der Waals surface area contributed by atoms with Crippen molar-refractivity contribution >= 4 is 10.0 Å². The van der Waals surface area contributed by atoms with Gasteiger partial charge in [-0.15, -0.1) is 0 Å². The first kappa shape index (κ1) is 13.0. The number of nitrogens with zero attached hydrogens (tertiary/aromatic N) is 1. The quantitative estimate of drug-likeness (QED) is 0.832. The van der Waals surface area contributed by atoms with Crippen LogP contribution < -0.4 is 4.72 Å². The number of nitrogens with one attached hydrogen (secondary N) is 1. The van der Waals surface area contributed by atoms with Crippen LogP contribution in [0, 0.1) is 11.3 Å². The molecule has 0 aliphatic heterocycles. The van der Waals surface area contributed by atoms with Crippen LogP contribution in [0.1, 0.15) is 24.1 Å². The summed E-state index contributed by atoms with van der Waals surface area (Å²) in [6.07, 6.45) is -0.368. The molecule has 1 aromatic carbocycles. The molecule has 0 saturated heterocycles. The van der Waals surface area contributed by atoms with Crippen molar-refractivity contribution in [2.75, 3.05) is 0 Å². The Balaban J connectivity index is 2.29. The van der Waals surface area contributed by atoms with Gasteiger partial charge in [0.25, 0.3) is 0 Å². The Morgan fingerprint density at radius 1 is 1.50 bits per heavy atom. The fraction of sp³-hybridized carbons (Fsp3) is 0.417. The number of fused-ring (bicyclic) bond motifs is 1. The molecule has 0 amide bonds. The Bertz CT molecular complexity index is 592. The van der Waals surface area contributed by atoms with Crippen LogP contribution in [0.3, 0.4) is 0 Å². The zero-order chi connectivity index (χ0) is 13.3. The van der Waals surface area contributed by atoms with E-state index in [4.69, 9.17) is 5.26 Å². The maximum Gasteiger partial charge on any atom is 0.228 e. The Labute approximate surface area is 106 Å². The average molecular weight is 266 g/mol. The van der Waals surface area contributed by atoms with Crippen molar-refractivity contribution < 1.29 is 13.5 Å². The number of hydrogen-bond donors (Lipinski definition) is 2. The van der Waals surface area contributed by atoms with Gasteiger partial charge in [0.1, 0.15) is 0 Å². The third-order valence-corrected chi connectivity index (χ3v) is 4.76. The molecular formula is C12H14N2O3S. The molecule has 6 heteroatoms. The van der Waals surface area contributed by atoms with Gasteiger partial charge < -0.3 is 5.11 Å². The smallest absolute Gasteiger partial charge is 0.228 e. The van der Waals surface area contributed by atoms with E-state index in [0.29, 0.717) is 6.42 Å². The summed E-state index contributed by atoms with van der Waals surface area (Å²) in [6, 6.07) is 8.32. The van der Waals surface area contributed by atoms with Crippen LogP contribution in [0.15, 0.2) is 24.3 Å². The molecule has 0 fully saturated rings. The molecule has 18 heavy (non-hydrogen) atoms. The molecule has 1 aliphatic carbocycles. The Hall–Kier alpha value is -1.42. The highest BCUT2D eigenvalue weighted by Crippen LogP contribution is 2.31. The monoisotopic (exact) mass is 266 g/mol. The summed E-state index contributed by atoms with van der Waals surface area (Å²) >= 11 is 0. The molecule has 5 nitrogen and oxygen atoms in total. The first-order valence-electron chi connectivity index (χ1n) is 5.62. The molecule has 0 spiro atoms. The third-order valence-electron chi connectivity index (χ3n) is 3.14. The fourth-order valence-corrected chi connectivity index (χ4v) is 3.05. The van der Waals surface area contributed by atoms with Crippen LogP contribution in [0.2, 0.25) is 0 Å². The van der Waals surface area contributed by atoms with Crippen LogP contribution in [0.5, 0.6) is 0 Å². The van der Waals surface area contributed by atoms with E-state index in [9.17, 15) is 13.5 Å². The van der Waals surface area contributed by atoms with Gasteiger partial charge >= 0.3 is 0 Å². The van der Waals surface area contributed by atoms with Crippen LogP contribution in [-0.4, -0.2) is 24.9 Å². The lowest BCUT2D eigenvalue weighted by Gasteiger charge is -2.18. The fourth-order valence-electron chi connectivity index (χ4n) is 2.06. The maximum atomic E-state index is 11.8. The van der Waals surface area contributed by atoms with E-state index in [1.54, 1.807) is 18.2 Å². The number of benzene rings is 1. The van der Waals surface area contributed by atoms with Gasteiger partial charge in [-0.25, -0.2) is 13.1 Å². The summed E-state index contributed by atoms with van der Waals surface area (Å²) in [6.45, 7) is 1.32. The van der Waals surface area contributed by atoms with Crippen LogP contribution in [0.4, 0.5) is 0 Å². The predicted octanol–water partition coefficient (Wildman–Crippen LogP) is 0.476. The van der Waals surface area contributed by atoms with E-state index < -0.39 is 27.4 Å². The molecule has 2 rings (SSSR count). The van der Waals surface area contributed by atoms with Crippen LogP contribution in [-0.2, 0) is 16.4 Å². The topological polar surface area (TPSA) is 90.2 Å². The number of aliphatic hydroxyl groups is 1. The molecular weight excluding hydrogens is 252 g/mol. The lowest BCUT2D eigenvalue weighted by molar-refractivity contribution is 0.151. The predicted molar refractivity (Wildman–Crippen MR) is 66.0 cm³/mol. The van der Waals surface area contributed by atoms with Gasteiger partial charge in [-0.05, 0) is 18.1 Å². The Morgan fingerprint density at radius 3 is 2.83 bits per heavy atom. The highest BCUT2D eigenvalue weighted by Gasteiger charge is 2.35. The third kappa shape index (κ3) is 2.25. The van der Waals surface area contributed by atoms with Gasteiger partial charge in [-0.1, -0.05) is 24.3 Å². The van der Waals surface area contributed by atoms with Gasteiger partial charge in [-0.3, -0.25) is 0 Å². The van der Waals surface area contributed by atoms with Crippen LogP contribution in [0.25, 0.3) is 0 Å². The second-order valence-electron chi connectivity index (χ2n) is 4.38. The highest BCUT2D eigenvalue weighted by molar-refractivity contribution is 7.90. The van der Waals surface area contributed by atoms with E-state index in [1.165, 1.54) is 6.92 Å². The van der Waals surface area contributed by atoms with E-state index >= 15 is 0 Å². The SMILES string of the molecule is CC(C#N)S(=O)(=O)N[C@H]1c2ccccc2C[C@H]1O. The number of nitriles is 1. The number of aliphatic hydroxyl groups excluding tert-OH is 1. The standard InChI is InChI=1S/C12H14N2O3S/c1-8(7-13)18(16,17)14-12-10-5-3-2-4-9(10)6-11(12)15/h2-5,8,11-12,14-15H,6H2,1H3/t8?,11-,12+/m1/s1. The van der Waals surface area contributed by atoms with E-state index in [1.807, 2.05) is 12.1 Å². The maximum absolute atomic E-state index is 11.8. The van der Waals surface area contributed by atoms with Gasteiger partial charge in [0.15, 0.2) is 5.25 Å². The zero-order valence-electron chi connectivity index (χ0n) is 9.87. The Kier molecular flexibility index (Phi) is 3.39. The minimum atomic E-state index is -3.74. The molecule has 0 aromatic heterocycles. The summed E-state index contributed by atoms with van der Waals surface area (Å²) < 4.78 is 26.1.